The summed E-state index contributed by atoms with van der Waals surface area (Å²) in [6.07, 6.45) is 1.45. The van der Waals surface area contributed by atoms with Crippen LogP contribution in [0.4, 0.5) is 5.69 Å². The number of aryl methyl sites for hydroxylation is 3. The number of nitrogens with zero attached hydrogens (tertiary/aromatic N) is 1. The molecule has 0 spiro atoms. The zero-order valence-corrected chi connectivity index (χ0v) is 17.4. The van der Waals surface area contributed by atoms with Gasteiger partial charge in [0.1, 0.15) is 23.2 Å². The Bertz CT molecular complexity index is 1080. The van der Waals surface area contributed by atoms with Gasteiger partial charge in [-0.2, -0.15) is 5.26 Å². The molecular weight excluding hydrogens is 416 g/mol. The number of carbonyl (C=O) groups is 1. The normalized spacial score (nSPS) is 11.2. The average Bonchev–Trinajstić information content (AvgIpc) is 3.11. The van der Waals surface area contributed by atoms with Crippen LogP contribution >= 0.6 is 15.9 Å². The molecule has 0 bridgehead atoms. The van der Waals surface area contributed by atoms with Gasteiger partial charge in [0.15, 0.2) is 0 Å². The summed E-state index contributed by atoms with van der Waals surface area (Å²) in [6.45, 7) is 5.87. The van der Waals surface area contributed by atoms with Crippen LogP contribution in [-0.4, -0.2) is 5.91 Å². The van der Waals surface area contributed by atoms with E-state index in [-0.39, 0.29) is 5.57 Å². The molecule has 0 saturated carbocycles. The molecule has 0 aliphatic rings. The minimum atomic E-state index is -0.459. The van der Waals surface area contributed by atoms with Crippen molar-refractivity contribution in [1.29, 1.82) is 5.26 Å². The molecule has 28 heavy (non-hydrogen) atoms. The van der Waals surface area contributed by atoms with E-state index in [2.05, 4.69) is 21.2 Å². The fourth-order valence-corrected chi connectivity index (χ4v) is 3.31. The van der Waals surface area contributed by atoms with E-state index in [0.29, 0.717) is 11.5 Å². The van der Waals surface area contributed by atoms with Gasteiger partial charge < -0.3 is 9.73 Å². The van der Waals surface area contributed by atoms with Gasteiger partial charge in [0.05, 0.1) is 0 Å². The molecule has 1 N–H and O–H groups in total. The largest absolute Gasteiger partial charge is 0.457 e. The maximum absolute atomic E-state index is 12.6. The topological polar surface area (TPSA) is 66.0 Å². The number of rotatable bonds is 4. The van der Waals surface area contributed by atoms with Gasteiger partial charge in [-0.05, 0) is 56.2 Å². The van der Waals surface area contributed by atoms with E-state index < -0.39 is 5.91 Å². The molecule has 0 aliphatic heterocycles. The summed E-state index contributed by atoms with van der Waals surface area (Å²) in [5.41, 5.74) is 4.66. The van der Waals surface area contributed by atoms with Crippen molar-refractivity contribution in [3.05, 3.63) is 81.0 Å². The lowest BCUT2D eigenvalue weighted by Gasteiger charge is -2.12. The summed E-state index contributed by atoms with van der Waals surface area (Å²) < 4.78 is 6.76. The third-order valence-electron chi connectivity index (χ3n) is 4.32. The van der Waals surface area contributed by atoms with Crippen LogP contribution in [0.1, 0.15) is 22.5 Å². The van der Waals surface area contributed by atoms with Crippen LogP contribution in [0.3, 0.4) is 0 Å². The number of amides is 1. The summed E-state index contributed by atoms with van der Waals surface area (Å²) >= 11 is 3.40. The second-order valence-electron chi connectivity index (χ2n) is 6.61. The van der Waals surface area contributed by atoms with Gasteiger partial charge in [-0.15, -0.1) is 0 Å². The van der Waals surface area contributed by atoms with Gasteiger partial charge in [0.25, 0.3) is 5.91 Å². The summed E-state index contributed by atoms with van der Waals surface area (Å²) in [6, 6.07) is 17.2. The van der Waals surface area contributed by atoms with Crippen molar-refractivity contribution in [3.63, 3.8) is 0 Å². The molecular formula is C23H19BrN2O2. The fourth-order valence-electron chi connectivity index (χ4n) is 3.05. The molecule has 1 aromatic heterocycles. The van der Waals surface area contributed by atoms with E-state index in [0.717, 1.165) is 32.4 Å². The minimum Gasteiger partial charge on any atom is -0.457 e. The monoisotopic (exact) mass is 434 g/mol. The second-order valence-corrected chi connectivity index (χ2v) is 7.52. The summed E-state index contributed by atoms with van der Waals surface area (Å²) in [5.74, 6) is 0.655. The van der Waals surface area contributed by atoms with Gasteiger partial charge in [0, 0.05) is 21.8 Å². The standard InChI is InChI=1S/C23H19BrN2O2/c1-14-10-15(2)22(16(3)11-14)26-23(27)18(13-25)12-20-8-9-21(28-20)17-4-6-19(24)7-5-17/h4-12H,1-3H3,(H,26,27)/b18-12+. The first kappa shape index (κ1) is 19.7. The number of hydrogen-bond acceptors (Lipinski definition) is 3. The lowest BCUT2D eigenvalue weighted by atomic mass is 10.0. The lowest BCUT2D eigenvalue weighted by Crippen LogP contribution is -2.15. The Morgan fingerprint density at radius 1 is 1.07 bits per heavy atom. The molecule has 3 rings (SSSR count). The Hall–Kier alpha value is -3.10. The molecule has 0 aliphatic carbocycles. The van der Waals surface area contributed by atoms with Crippen molar-refractivity contribution in [2.24, 2.45) is 0 Å². The van der Waals surface area contributed by atoms with E-state index in [1.165, 1.54) is 6.08 Å². The first-order valence-electron chi connectivity index (χ1n) is 8.74. The van der Waals surface area contributed by atoms with E-state index in [1.807, 2.05) is 69.3 Å². The molecule has 4 nitrogen and oxygen atoms in total. The average molecular weight is 435 g/mol. The Kier molecular flexibility index (Phi) is 5.81. The zero-order valence-electron chi connectivity index (χ0n) is 15.8. The molecule has 3 aromatic rings. The van der Waals surface area contributed by atoms with Crippen molar-refractivity contribution in [3.8, 4) is 17.4 Å². The van der Waals surface area contributed by atoms with Crippen LogP contribution in [-0.2, 0) is 4.79 Å². The Labute approximate surface area is 172 Å². The molecule has 2 aromatic carbocycles. The smallest absolute Gasteiger partial charge is 0.266 e. The number of hydrogen-bond donors (Lipinski definition) is 1. The Balaban J connectivity index is 1.84. The van der Waals surface area contributed by atoms with Crippen LogP contribution in [0.25, 0.3) is 17.4 Å². The maximum Gasteiger partial charge on any atom is 0.266 e. The highest BCUT2D eigenvalue weighted by atomic mass is 79.9. The van der Waals surface area contributed by atoms with Gasteiger partial charge in [-0.1, -0.05) is 45.8 Å². The number of anilines is 1. The number of benzene rings is 2. The molecule has 5 heteroatoms. The molecule has 0 fully saturated rings. The first-order valence-corrected chi connectivity index (χ1v) is 9.53. The van der Waals surface area contributed by atoms with E-state index >= 15 is 0 Å². The predicted molar refractivity (Wildman–Crippen MR) is 115 cm³/mol. The van der Waals surface area contributed by atoms with Gasteiger partial charge in [-0.3, -0.25) is 4.79 Å². The highest BCUT2D eigenvalue weighted by molar-refractivity contribution is 9.10. The third kappa shape index (κ3) is 4.41. The predicted octanol–water partition coefficient (Wildman–Crippen LogP) is 6.18. The van der Waals surface area contributed by atoms with Crippen LogP contribution in [0.15, 0.2) is 63.0 Å². The van der Waals surface area contributed by atoms with Crippen LogP contribution < -0.4 is 5.32 Å². The number of nitriles is 1. The van der Waals surface area contributed by atoms with E-state index in [4.69, 9.17) is 4.42 Å². The summed E-state index contributed by atoms with van der Waals surface area (Å²) in [4.78, 5) is 12.6. The number of nitrogens with one attached hydrogen (secondary N) is 1. The quantitative estimate of drug-likeness (QED) is 0.393. The lowest BCUT2D eigenvalue weighted by molar-refractivity contribution is -0.112. The molecule has 0 atom stereocenters. The highest BCUT2D eigenvalue weighted by Crippen LogP contribution is 2.26. The molecule has 1 amide bonds. The highest BCUT2D eigenvalue weighted by Gasteiger charge is 2.14. The molecule has 0 radical (unpaired) electrons. The molecule has 0 saturated heterocycles. The molecule has 140 valence electrons. The third-order valence-corrected chi connectivity index (χ3v) is 4.85. The summed E-state index contributed by atoms with van der Waals surface area (Å²) in [5, 5.41) is 12.3. The van der Waals surface area contributed by atoms with Gasteiger partial charge in [0.2, 0.25) is 0 Å². The Morgan fingerprint density at radius 3 is 2.32 bits per heavy atom. The van der Waals surface area contributed by atoms with E-state index in [9.17, 15) is 10.1 Å². The van der Waals surface area contributed by atoms with Crippen molar-refractivity contribution in [1.82, 2.24) is 0 Å². The van der Waals surface area contributed by atoms with Crippen molar-refractivity contribution < 1.29 is 9.21 Å². The van der Waals surface area contributed by atoms with Gasteiger partial charge >= 0.3 is 0 Å². The maximum atomic E-state index is 12.6. The Morgan fingerprint density at radius 2 is 1.71 bits per heavy atom. The molecule has 0 unspecified atom stereocenters. The zero-order chi connectivity index (χ0) is 20.3. The van der Waals surface area contributed by atoms with E-state index in [1.54, 1.807) is 6.07 Å². The number of furan rings is 1. The van der Waals surface area contributed by atoms with Crippen LogP contribution in [0.5, 0.6) is 0 Å². The SMILES string of the molecule is Cc1cc(C)c(NC(=O)/C(C#N)=C/c2ccc(-c3ccc(Br)cc3)o2)c(C)c1. The first-order chi connectivity index (χ1) is 13.4. The molecule has 1 heterocycles. The second kappa shape index (κ2) is 8.28. The van der Waals surface area contributed by atoms with Crippen LogP contribution in [0, 0.1) is 32.1 Å². The van der Waals surface area contributed by atoms with Gasteiger partial charge in [-0.25, -0.2) is 0 Å². The minimum absolute atomic E-state index is 0.0175. The van der Waals surface area contributed by atoms with Crippen molar-refractivity contribution >= 4 is 33.6 Å². The number of halogens is 1. The summed E-state index contributed by atoms with van der Waals surface area (Å²) in [7, 11) is 0. The fraction of sp³-hybridized carbons (Fsp3) is 0.130. The number of carbonyl (C=O) groups excluding carboxylic acids is 1. The van der Waals surface area contributed by atoms with Crippen molar-refractivity contribution in [2.45, 2.75) is 20.8 Å². The van der Waals surface area contributed by atoms with Crippen molar-refractivity contribution in [2.75, 3.05) is 5.32 Å². The van der Waals surface area contributed by atoms with Crippen LogP contribution in [0.2, 0.25) is 0 Å².